The van der Waals surface area contributed by atoms with Crippen LogP contribution in [-0.4, -0.2) is 28.3 Å². The molecule has 0 aliphatic carbocycles. The number of benzene rings is 2. The zero-order valence-corrected chi connectivity index (χ0v) is 16.4. The normalized spacial score (nSPS) is 9.90. The molecular formula is C20H22N4O6. The molecule has 1 atom stereocenters. The van der Waals surface area contributed by atoms with Crippen LogP contribution in [-0.2, 0) is 9.59 Å². The Kier molecular flexibility index (Phi) is 11.9. The molecular weight excluding hydrogens is 392 g/mol. The number of hydrogen-bond donors (Lipinski definition) is 3. The van der Waals surface area contributed by atoms with Gasteiger partial charge in [-0.2, -0.15) is 5.26 Å². The third-order valence-corrected chi connectivity index (χ3v) is 3.52. The van der Waals surface area contributed by atoms with Crippen LogP contribution in [0, 0.1) is 21.4 Å². The van der Waals surface area contributed by atoms with Gasteiger partial charge in [-0.3, -0.25) is 19.7 Å². The molecule has 2 rings (SSSR count). The van der Waals surface area contributed by atoms with E-state index in [9.17, 15) is 19.7 Å². The first-order valence-electron chi connectivity index (χ1n) is 8.75. The van der Waals surface area contributed by atoms with Crippen molar-refractivity contribution in [1.29, 1.82) is 5.26 Å². The summed E-state index contributed by atoms with van der Waals surface area (Å²) in [7, 11) is 0. The molecule has 0 aliphatic heterocycles. The molecule has 0 aromatic heterocycles. The zero-order chi connectivity index (χ0) is 23.1. The summed E-state index contributed by atoms with van der Waals surface area (Å²) < 4.78 is 0. The lowest BCUT2D eigenvalue weighted by Crippen LogP contribution is -2.21. The molecule has 4 N–H and O–H groups in total. The molecule has 2 aromatic rings. The van der Waals surface area contributed by atoms with E-state index in [0.717, 1.165) is 0 Å². The van der Waals surface area contributed by atoms with Crippen LogP contribution < -0.4 is 11.1 Å². The van der Waals surface area contributed by atoms with Crippen molar-refractivity contribution in [3.05, 3.63) is 69.8 Å². The van der Waals surface area contributed by atoms with Gasteiger partial charge in [0.25, 0.3) is 5.69 Å². The van der Waals surface area contributed by atoms with E-state index in [1.165, 1.54) is 48.5 Å². The molecule has 2 amide bonds. The lowest BCUT2D eigenvalue weighted by Gasteiger charge is -2.14. The maximum Gasteiger partial charge on any atom is 0.335 e. The summed E-state index contributed by atoms with van der Waals surface area (Å²) in [5, 5.41) is 31.1. The highest BCUT2D eigenvalue weighted by Gasteiger charge is 2.21. The summed E-state index contributed by atoms with van der Waals surface area (Å²) in [6.07, 6.45) is 0.150. The number of nitro groups is 1. The maximum absolute atomic E-state index is 12.4. The second kappa shape index (κ2) is 13.8. The van der Waals surface area contributed by atoms with Crippen LogP contribution in [0.5, 0.6) is 0 Å². The van der Waals surface area contributed by atoms with Crippen molar-refractivity contribution in [2.24, 2.45) is 5.73 Å². The fourth-order valence-electron chi connectivity index (χ4n) is 2.21. The number of rotatable bonds is 6. The van der Waals surface area contributed by atoms with E-state index in [2.05, 4.69) is 11.1 Å². The SMILES string of the molecule is CC.N#CCC(C(=O)Nc1ccc(C(=O)O)cc1)c1ccc([N+](=O)[O-])cc1.NC=O. The molecule has 0 bridgehead atoms. The van der Waals surface area contributed by atoms with Gasteiger partial charge in [0.1, 0.15) is 0 Å². The van der Waals surface area contributed by atoms with E-state index in [1.54, 1.807) is 0 Å². The maximum atomic E-state index is 12.4. The van der Waals surface area contributed by atoms with Crippen LogP contribution in [0.4, 0.5) is 11.4 Å². The Labute approximate surface area is 173 Å². The van der Waals surface area contributed by atoms with Crippen molar-refractivity contribution in [2.75, 3.05) is 5.32 Å². The van der Waals surface area contributed by atoms with Crippen LogP contribution in [0.1, 0.15) is 42.1 Å². The number of nitrogens with zero attached hydrogens (tertiary/aromatic N) is 2. The molecule has 0 saturated carbocycles. The number of hydrogen-bond acceptors (Lipinski definition) is 6. The summed E-state index contributed by atoms with van der Waals surface area (Å²) in [4.78, 5) is 42.0. The molecule has 10 heteroatoms. The lowest BCUT2D eigenvalue weighted by molar-refractivity contribution is -0.384. The van der Waals surface area contributed by atoms with Crippen molar-refractivity contribution >= 4 is 29.7 Å². The summed E-state index contributed by atoms with van der Waals surface area (Å²) in [6.45, 7) is 4.00. The number of carboxylic acids is 1. The average molecular weight is 414 g/mol. The number of carbonyl (C=O) groups excluding carboxylic acids is 2. The Hall–Kier alpha value is -4.26. The third kappa shape index (κ3) is 8.18. The number of amides is 2. The lowest BCUT2D eigenvalue weighted by atomic mass is 9.95. The fourth-order valence-corrected chi connectivity index (χ4v) is 2.21. The van der Waals surface area contributed by atoms with Gasteiger partial charge >= 0.3 is 5.97 Å². The number of carbonyl (C=O) groups is 3. The Bertz CT molecular complexity index is 889. The standard InChI is InChI=1S/C17H13N3O5.C2H6.CH3NO/c18-10-9-15(11-3-7-14(8-4-11)20(24)25)16(21)19-13-5-1-12(2-6-13)17(22)23;1-2;2-1-3/h1-8,15H,9H2,(H,19,21)(H,22,23);1-2H3;1H,(H2,2,3). The summed E-state index contributed by atoms with van der Waals surface area (Å²) in [5.41, 5.74) is 5.01. The van der Waals surface area contributed by atoms with E-state index < -0.39 is 22.7 Å². The highest BCUT2D eigenvalue weighted by molar-refractivity contribution is 5.96. The molecule has 10 nitrogen and oxygen atoms in total. The van der Waals surface area contributed by atoms with Gasteiger partial charge in [0.05, 0.1) is 28.9 Å². The average Bonchev–Trinajstić information content (AvgIpc) is 2.74. The number of non-ortho nitro benzene ring substituents is 1. The number of nitrogens with one attached hydrogen (secondary N) is 1. The number of aromatic carboxylic acids is 1. The van der Waals surface area contributed by atoms with Gasteiger partial charge in [0.2, 0.25) is 12.3 Å². The van der Waals surface area contributed by atoms with Crippen LogP contribution >= 0.6 is 0 Å². The number of carboxylic acid groups (broad SMARTS) is 1. The first-order chi connectivity index (χ1) is 14.3. The Morgan fingerprint density at radius 1 is 1.20 bits per heavy atom. The topological polar surface area (TPSA) is 176 Å². The Morgan fingerprint density at radius 2 is 1.70 bits per heavy atom. The van der Waals surface area contributed by atoms with E-state index in [0.29, 0.717) is 11.3 Å². The number of anilines is 1. The summed E-state index contributed by atoms with van der Waals surface area (Å²) >= 11 is 0. The molecule has 2 aromatic carbocycles. The molecule has 0 radical (unpaired) electrons. The second-order valence-corrected chi connectivity index (χ2v) is 5.27. The quantitative estimate of drug-likeness (QED) is 0.369. The van der Waals surface area contributed by atoms with Gasteiger partial charge in [0.15, 0.2) is 0 Å². The number of nitriles is 1. The predicted octanol–water partition coefficient (Wildman–Crippen LogP) is 3.06. The van der Waals surface area contributed by atoms with E-state index in [4.69, 9.17) is 15.2 Å². The van der Waals surface area contributed by atoms with Crippen molar-refractivity contribution in [3.63, 3.8) is 0 Å². The monoisotopic (exact) mass is 414 g/mol. The first-order valence-corrected chi connectivity index (χ1v) is 8.75. The van der Waals surface area contributed by atoms with Gasteiger partial charge in [-0.05, 0) is 29.8 Å². The minimum atomic E-state index is -1.08. The van der Waals surface area contributed by atoms with E-state index in [1.807, 2.05) is 19.9 Å². The number of nitro benzene ring substituents is 1. The van der Waals surface area contributed by atoms with Crippen LogP contribution in [0.2, 0.25) is 0 Å². The molecule has 1 unspecified atom stereocenters. The summed E-state index contributed by atoms with van der Waals surface area (Å²) in [5.74, 6) is -2.34. The third-order valence-electron chi connectivity index (χ3n) is 3.52. The van der Waals surface area contributed by atoms with Crippen molar-refractivity contribution in [2.45, 2.75) is 26.2 Å². The Morgan fingerprint density at radius 3 is 2.10 bits per heavy atom. The van der Waals surface area contributed by atoms with Crippen LogP contribution in [0.3, 0.4) is 0 Å². The molecule has 30 heavy (non-hydrogen) atoms. The molecule has 0 heterocycles. The molecule has 0 spiro atoms. The molecule has 0 saturated heterocycles. The predicted molar refractivity (Wildman–Crippen MR) is 110 cm³/mol. The largest absolute Gasteiger partial charge is 0.478 e. The van der Waals surface area contributed by atoms with Crippen LogP contribution in [0.25, 0.3) is 0 Å². The minimum Gasteiger partial charge on any atom is -0.478 e. The summed E-state index contributed by atoms with van der Waals surface area (Å²) in [6, 6.07) is 12.9. The highest BCUT2D eigenvalue weighted by Crippen LogP contribution is 2.24. The van der Waals surface area contributed by atoms with Gasteiger partial charge in [-0.25, -0.2) is 4.79 Å². The van der Waals surface area contributed by atoms with Crippen molar-refractivity contribution < 1.29 is 24.4 Å². The van der Waals surface area contributed by atoms with Crippen molar-refractivity contribution in [1.82, 2.24) is 0 Å². The number of primary amides is 1. The highest BCUT2D eigenvalue weighted by atomic mass is 16.6. The smallest absolute Gasteiger partial charge is 0.335 e. The van der Waals surface area contributed by atoms with Gasteiger partial charge in [-0.15, -0.1) is 0 Å². The van der Waals surface area contributed by atoms with E-state index in [-0.39, 0.29) is 24.1 Å². The minimum absolute atomic E-state index is 0.0851. The van der Waals surface area contributed by atoms with Gasteiger partial charge in [0, 0.05) is 17.8 Å². The Balaban J connectivity index is 0.00000154. The molecule has 0 aliphatic rings. The first kappa shape index (κ1) is 25.7. The fraction of sp³-hybridized carbons (Fsp3) is 0.200. The second-order valence-electron chi connectivity index (χ2n) is 5.27. The van der Waals surface area contributed by atoms with Crippen LogP contribution in [0.15, 0.2) is 48.5 Å². The molecule has 158 valence electrons. The molecule has 0 fully saturated rings. The zero-order valence-electron chi connectivity index (χ0n) is 16.4. The van der Waals surface area contributed by atoms with Gasteiger partial charge < -0.3 is 16.2 Å². The van der Waals surface area contributed by atoms with Crippen molar-refractivity contribution in [3.8, 4) is 6.07 Å². The van der Waals surface area contributed by atoms with Gasteiger partial charge in [-0.1, -0.05) is 26.0 Å². The van der Waals surface area contributed by atoms with E-state index >= 15 is 0 Å². The number of nitrogens with two attached hydrogens (primary N) is 1.